The number of fused-ring (bicyclic) bond motifs is 1. The Morgan fingerprint density at radius 1 is 1.02 bits per heavy atom. The Bertz CT molecular complexity index is 1720. The molecular formula is C39H47N3O4S. The van der Waals surface area contributed by atoms with Crippen LogP contribution in [0.1, 0.15) is 103 Å². The first kappa shape index (κ1) is 34.4. The van der Waals surface area contributed by atoms with E-state index in [9.17, 15) is 19.5 Å². The van der Waals surface area contributed by atoms with Gasteiger partial charge in [0.15, 0.2) is 5.12 Å². The minimum atomic E-state index is -0.948. The largest absolute Gasteiger partial charge is 0.478 e. The molecule has 1 N–H and O–H groups in total. The number of hydrogen-bond donors (Lipinski definition) is 1. The normalized spacial score (nSPS) is 13.7. The van der Waals surface area contributed by atoms with E-state index in [1.165, 1.54) is 18.2 Å². The number of nitrogens with zero attached hydrogens (tertiary/aromatic N) is 3. The summed E-state index contributed by atoms with van der Waals surface area (Å²) in [4.78, 5) is 45.8. The van der Waals surface area contributed by atoms with Gasteiger partial charge in [-0.15, -0.1) is 0 Å². The number of aromatic carboxylic acids is 1. The standard InChI is InChI=1S/C39H47N3O4S/c1-5-11-35-40-36-27(4)22-31(37(43)41(21-20-26(2)3)25-47-39(46)30-12-7-6-8-13-30)23-34(36)42(35)24-28-16-18-29(19-17-28)32-14-9-10-15-33(32)38(44)45/h9-10,14-19,22-23,26,30H,5-8,11-13,20-21,24-25H2,1-4H3,(H,44,45). The maximum Gasteiger partial charge on any atom is 0.336 e. The first-order valence-corrected chi connectivity index (χ1v) is 18.0. The zero-order valence-corrected chi connectivity index (χ0v) is 28.9. The van der Waals surface area contributed by atoms with Crippen LogP contribution in [0.2, 0.25) is 0 Å². The van der Waals surface area contributed by atoms with E-state index in [2.05, 4.69) is 25.3 Å². The minimum Gasteiger partial charge on any atom is -0.478 e. The molecule has 1 fully saturated rings. The van der Waals surface area contributed by atoms with Gasteiger partial charge in [0, 0.05) is 31.0 Å². The highest BCUT2D eigenvalue weighted by Gasteiger charge is 2.25. The number of hydrogen-bond acceptors (Lipinski definition) is 5. The van der Waals surface area contributed by atoms with E-state index in [0.717, 1.165) is 78.5 Å². The Morgan fingerprint density at radius 3 is 2.43 bits per heavy atom. The lowest BCUT2D eigenvalue weighted by Crippen LogP contribution is -2.33. The predicted octanol–water partition coefficient (Wildman–Crippen LogP) is 9.00. The van der Waals surface area contributed by atoms with Crippen molar-refractivity contribution in [3.8, 4) is 11.1 Å². The molecule has 1 aliphatic carbocycles. The van der Waals surface area contributed by atoms with E-state index < -0.39 is 5.97 Å². The molecule has 3 aromatic carbocycles. The first-order valence-electron chi connectivity index (χ1n) is 17.0. The highest BCUT2D eigenvalue weighted by Crippen LogP contribution is 2.30. The zero-order chi connectivity index (χ0) is 33.5. The van der Waals surface area contributed by atoms with Crippen molar-refractivity contribution in [3.63, 3.8) is 0 Å². The topological polar surface area (TPSA) is 92.5 Å². The van der Waals surface area contributed by atoms with E-state index in [1.807, 2.05) is 60.4 Å². The molecule has 1 amide bonds. The molecule has 8 heteroatoms. The number of aryl methyl sites for hydroxylation is 2. The lowest BCUT2D eigenvalue weighted by Gasteiger charge is -2.25. The van der Waals surface area contributed by atoms with E-state index in [0.29, 0.717) is 36.0 Å². The fraction of sp³-hybridized carbons (Fsp3) is 0.436. The monoisotopic (exact) mass is 653 g/mol. The summed E-state index contributed by atoms with van der Waals surface area (Å²) in [7, 11) is 0. The second-order valence-electron chi connectivity index (χ2n) is 13.3. The zero-order valence-electron chi connectivity index (χ0n) is 28.1. The first-order chi connectivity index (χ1) is 22.7. The van der Waals surface area contributed by atoms with Crippen molar-refractivity contribution in [1.82, 2.24) is 14.5 Å². The molecule has 248 valence electrons. The quantitative estimate of drug-likeness (QED) is 0.145. The van der Waals surface area contributed by atoms with Gasteiger partial charge in [0.05, 0.1) is 22.5 Å². The van der Waals surface area contributed by atoms with E-state index in [-0.39, 0.29) is 22.5 Å². The van der Waals surface area contributed by atoms with Crippen LogP contribution >= 0.6 is 11.8 Å². The number of rotatable bonds is 13. The third kappa shape index (κ3) is 8.33. The Labute approximate surface area is 282 Å². The SMILES string of the molecule is CCCc1nc2c(C)cc(C(=O)N(CCC(C)C)CSC(=O)C3CCCCC3)cc2n1Cc1ccc(-c2ccccc2C(=O)O)cc1. The Hall–Kier alpha value is -3.91. The van der Waals surface area contributed by atoms with Gasteiger partial charge in [-0.05, 0) is 79.0 Å². The van der Waals surface area contributed by atoms with Crippen LogP contribution in [-0.4, -0.2) is 49.0 Å². The van der Waals surface area contributed by atoms with Crippen molar-refractivity contribution in [1.29, 1.82) is 0 Å². The van der Waals surface area contributed by atoms with Crippen LogP contribution in [0, 0.1) is 18.8 Å². The summed E-state index contributed by atoms with van der Waals surface area (Å²) < 4.78 is 2.21. The molecule has 0 saturated heterocycles. The third-order valence-corrected chi connectivity index (χ3v) is 10.2. The van der Waals surface area contributed by atoms with Crippen molar-refractivity contribution < 1.29 is 19.5 Å². The highest BCUT2D eigenvalue weighted by molar-refractivity contribution is 8.13. The molecule has 0 bridgehead atoms. The van der Waals surface area contributed by atoms with Crippen molar-refractivity contribution in [2.45, 2.75) is 85.6 Å². The second kappa shape index (κ2) is 15.8. The number of amides is 1. The van der Waals surface area contributed by atoms with Crippen LogP contribution in [0.25, 0.3) is 22.2 Å². The molecule has 0 atom stereocenters. The molecular weight excluding hydrogens is 607 g/mol. The number of aromatic nitrogens is 2. The molecule has 1 saturated carbocycles. The van der Waals surface area contributed by atoms with Crippen molar-refractivity contribution in [2.75, 3.05) is 12.4 Å². The number of carboxylic acids is 1. The van der Waals surface area contributed by atoms with Gasteiger partial charge in [-0.3, -0.25) is 9.59 Å². The summed E-state index contributed by atoms with van der Waals surface area (Å²) >= 11 is 1.31. The van der Waals surface area contributed by atoms with Crippen LogP contribution < -0.4 is 0 Å². The van der Waals surface area contributed by atoms with Crippen molar-refractivity contribution >= 4 is 39.8 Å². The van der Waals surface area contributed by atoms with Gasteiger partial charge < -0.3 is 14.6 Å². The molecule has 0 aliphatic heterocycles. The number of imidazole rings is 1. The molecule has 0 radical (unpaired) electrons. The van der Waals surface area contributed by atoms with Crippen LogP contribution in [0.15, 0.2) is 60.7 Å². The maximum absolute atomic E-state index is 14.1. The predicted molar refractivity (Wildman–Crippen MR) is 191 cm³/mol. The maximum atomic E-state index is 14.1. The van der Waals surface area contributed by atoms with Gasteiger partial charge >= 0.3 is 5.97 Å². The summed E-state index contributed by atoms with van der Waals surface area (Å²) in [6, 6.07) is 19.0. The number of carbonyl (C=O) groups excluding carboxylic acids is 2. The van der Waals surface area contributed by atoms with Gasteiger partial charge in [0.25, 0.3) is 5.91 Å². The molecule has 47 heavy (non-hydrogen) atoms. The van der Waals surface area contributed by atoms with Crippen molar-refractivity contribution in [3.05, 3.63) is 88.7 Å². The van der Waals surface area contributed by atoms with E-state index >= 15 is 0 Å². The van der Waals surface area contributed by atoms with Gasteiger partial charge in [-0.2, -0.15) is 0 Å². The highest BCUT2D eigenvalue weighted by atomic mass is 32.2. The van der Waals surface area contributed by atoms with Crippen LogP contribution in [0.5, 0.6) is 0 Å². The summed E-state index contributed by atoms with van der Waals surface area (Å²) in [5.74, 6) is 0.899. The van der Waals surface area contributed by atoms with Crippen LogP contribution in [-0.2, 0) is 17.8 Å². The molecule has 0 unspecified atom stereocenters. The lowest BCUT2D eigenvalue weighted by molar-refractivity contribution is -0.115. The summed E-state index contributed by atoms with van der Waals surface area (Å²) in [5.41, 5.74) is 6.26. The Kier molecular flexibility index (Phi) is 11.6. The average Bonchev–Trinajstić information content (AvgIpc) is 3.42. The fourth-order valence-corrected chi connectivity index (χ4v) is 7.47. The fourth-order valence-electron chi connectivity index (χ4n) is 6.47. The average molecular weight is 654 g/mol. The minimum absolute atomic E-state index is 0.0502. The number of benzene rings is 3. The number of thioether (sulfide) groups is 1. The summed E-state index contributed by atoms with van der Waals surface area (Å²) in [6.07, 6.45) is 7.98. The van der Waals surface area contributed by atoms with Crippen LogP contribution in [0.3, 0.4) is 0 Å². The summed E-state index contributed by atoms with van der Waals surface area (Å²) in [5, 5.41) is 9.88. The molecule has 1 aromatic heterocycles. The molecule has 7 nitrogen and oxygen atoms in total. The second-order valence-corrected chi connectivity index (χ2v) is 14.2. The molecule has 4 aromatic rings. The third-order valence-electron chi connectivity index (χ3n) is 9.17. The molecule has 5 rings (SSSR count). The van der Waals surface area contributed by atoms with E-state index in [4.69, 9.17) is 4.98 Å². The molecule has 1 aliphatic rings. The van der Waals surface area contributed by atoms with Crippen molar-refractivity contribution in [2.24, 2.45) is 11.8 Å². The van der Waals surface area contributed by atoms with Gasteiger partial charge in [0.1, 0.15) is 5.82 Å². The number of carbonyl (C=O) groups is 3. The molecule has 0 spiro atoms. The van der Waals surface area contributed by atoms with Gasteiger partial charge in [-0.1, -0.05) is 94.3 Å². The Morgan fingerprint density at radius 2 is 1.74 bits per heavy atom. The molecule has 1 heterocycles. The summed E-state index contributed by atoms with van der Waals surface area (Å²) in [6.45, 7) is 9.65. The smallest absolute Gasteiger partial charge is 0.336 e. The van der Waals surface area contributed by atoms with Gasteiger partial charge in [-0.25, -0.2) is 9.78 Å². The van der Waals surface area contributed by atoms with Gasteiger partial charge in [0.2, 0.25) is 0 Å². The van der Waals surface area contributed by atoms with Crippen LogP contribution in [0.4, 0.5) is 0 Å². The van der Waals surface area contributed by atoms with E-state index in [1.54, 1.807) is 12.1 Å². The lowest BCUT2D eigenvalue weighted by atomic mass is 9.90. The number of carboxylic acid groups (broad SMARTS) is 1. The Balaban J connectivity index is 1.43.